The van der Waals surface area contributed by atoms with Crippen LogP contribution in [0.4, 0.5) is 13.2 Å². The molecule has 15 heavy (non-hydrogen) atoms. The van der Waals surface area contributed by atoms with Crippen LogP contribution in [0.2, 0.25) is 0 Å². The van der Waals surface area contributed by atoms with Gasteiger partial charge in [-0.05, 0) is 0 Å². The molecule has 0 amide bonds. The monoisotopic (exact) mass is 225 g/mol. The normalized spacial score (nSPS) is 27.4. The van der Waals surface area contributed by atoms with Crippen LogP contribution >= 0.6 is 0 Å². The average molecular weight is 225 g/mol. The summed E-state index contributed by atoms with van der Waals surface area (Å²) in [5, 5.41) is 0. The van der Waals surface area contributed by atoms with Gasteiger partial charge in [-0.25, -0.2) is 0 Å². The van der Waals surface area contributed by atoms with Gasteiger partial charge in [0.25, 0.3) is 0 Å². The number of nitrogens with zero attached hydrogens (tertiary/aromatic N) is 1. The lowest BCUT2D eigenvalue weighted by Crippen LogP contribution is -2.47. The van der Waals surface area contributed by atoms with Gasteiger partial charge in [-0.1, -0.05) is 0 Å². The molecule has 3 nitrogen and oxygen atoms in total. The summed E-state index contributed by atoms with van der Waals surface area (Å²) in [6.45, 7) is 1.06. The van der Waals surface area contributed by atoms with Crippen LogP contribution in [0, 0.1) is 0 Å². The molecule has 0 aromatic heterocycles. The molecule has 2 fully saturated rings. The lowest BCUT2D eigenvalue weighted by molar-refractivity contribution is -0.200. The molecule has 0 N–H and O–H groups in total. The van der Waals surface area contributed by atoms with Crippen molar-refractivity contribution in [3.8, 4) is 0 Å². The van der Waals surface area contributed by atoms with Crippen molar-refractivity contribution in [2.45, 2.75) is 24.8 Å². The van der Waals surface area contributed by atoms with Crippen molar-refractivity contribution in [3.63, 3.8) is 0 Å². The molecule has 1 spiro atoms. The molecule has 6 heteroatoms. The quantitative estimate of drug-likeness (QED) is 0.673. The third-order valence-electron chi connectivity index (χ3n) is 2.83. The van der Waals surface area contributed by atoms with Gasteiger partial charge in [0.15, 0.2) is 5.79 Å². The maximum Gasteiger partial charge on any atom is 0.401 e. The van der Waals surface area contributed by atoms with Gasteiger partial charge in [0.1, 0.15) is 0 Å². The standard InChI is InChI=1S/C9H14F3NO2/c10-9(11,12)7-13-3-1-8(2-4-13)14-5-6-15-8/h1-7H2. The molecule has 0 aromatic rings. The molecule has 2 aliphatic rings. The number of hydrogen-bond acceptors (Lipinski definition) is 3. The molecule has 0 radical (unpaired) electrons. The van der Waals surface area contributed by atoms with Gasteiger partial charge >= 0.3 is 6.18 Å². The lowest BCUT2D eigenvalue weighted by Gasteiger charge is -2.37. The first-order valence-electron chi connectivity index (χ1n) is 5.06. The highest BCUT2D eigenvalue weighted by molar-refractivity contribution is 4.83. The van der Waals surface area contributed by atoms with Crippen LogP contribution in [-0.2, 0) is 9.47 Å². The van der Waals surface area contributed by atoms with E-state index < -0.39 is 18.5 Å². The Hall–Kier alpha value is -0.330. The third kappa shape index (κ3) is 2.83. The fraction of sp³-hybridized carbons (Fsp3) is 1.00. The van der Waals surface area contributed by atoms with E-state index in [0.717, 1.165) is 0 Å². The number of piperidine rings is 1. The summed E-state index contributed by atoms with van der Waals surface area (Å²) in [5.41, 5.74) is 0. The number of alkyl halides is 3. The van der Waals surface area contributed by atoms with Gasteiger partial charge in [0.2, 0.25) is 0 Å². The Morgan fingerprint density at radius 1 is 1.07 bits per heavy atom. The minimum Gasteiger partial charge on any atom is -0.347 e. The van der Waals surface area contributed by atoms with E-state index in [1.54, 1.807) is 0 Å². The SMILES string of the molecule is FC(F)(F)CN1CCC2(CC1)OCCO2. The van der Waals surface area contributed by atoms with Gasteiger partial charge < -0.3 is 9.47 Å². The summed E-state index contributed by atoms with van der Waals surface area (Å²) in [6, 6.07) is 0. The molecule has 0 aliphatic carbocycles. The Kier molecular flexibility index (Phi) is 2.92. The number of halogens is 3. The highest BCUT2D eigenvalue weighted by Gasteiger charge is 2.41. The first-order valence-corrected chi connectivity index (χ1v) is 5.06. The molecule has 0 saturated carbocycles. The summed E-state index contributed by atoms with van der Waals surface area (Å²) in [6.07, 6.45) is -3.05. The van der Waals surface area contributed by atoms with Crippen molar-refractivity contribution >= 4 is 0 Å². The Bertz CT molecular complexity index is 216. The van der Waals surface area contributed by atoms with E-state index in [2.05, 4.69) is 0 Å². The number of hydrogen-bond donors (Lipinski definition) is 0. The average Bonchev–Trinajstić information content (AvgIpc) is 2.56. The van der Waals surface area contributed by atoms with Crippen LogP contribution in [0.25, 0.3) is 0 Å². The summed E-state index contributed by atoms with van der Waals surface area (Å²) in [4.78, 5) is 1.40. The van der Waals surface area contributed by atoms with Crippen molar-refractivity contribution < 1.29 is 22.6 Å². The van der Waals surface area contributed by atoms with Crippen molar-refractivity contribution in [2.75, 3.05) is 32.8 Å². The second kappa shape index (κ2) is 3.92. The van der Waals surface area contributed by atoms with Gasteiger partial charge in [0, 0.05) is 25.9 Å². The third-order valence-corrected chi connectivity index (χ3v) is 2.83. The summed E-state index contributed by atoms with van der Waals surface area (Å²) in [7, 11) is 0. The Morgan fingerprint density at radius 3 is 2.07 bits per heavy atom. The van der Waals surface area contributed by atoms with Crippen LogP contribution in [0.3, 0.4) is 0 Å². The van der Waals surface area contributed by atoms with E-state index in [4.69, 9.17) is 9.47 Å². The van der Waals surface area contributed by atoms with Crippen molar-refractivity contribution in [1.29, 1.82) is 0 Å². The molecule has 0 unspecified atom stereocenters. The van der Waals surface area contributed by atoms with E-state index in [1.165, 1.54) is 4.90 Å². The molecule has 2 rings (SSSR count). The second-order valence-electron chi connectivity index (χ2n) is 4.00. The Morgan fingerprint density at radius 2 is 1.60 bits per heavy atom. The van der Waals surface area contributed by atoms with Crippen molar-refractivity contribution in [3.05, 3.63) is 0 Å². The summed E-state index contributed by atoms with van der Waals surface area (Å²) < 4.78 is 47.2. The number of likely N-dealkylation sites (tertiary alicyclic amines) is 1. The van der Waals surface area contributed by atoms with Crippen LogP contribution in [-0.4, -0.2) is 49.7 Å². The highest BCUT2D eigenvalue weighted by atomic mass is 19.4. The van der Waals surface area contributed by atoms with Gasteiger partial charge in [-0.3, -0.25) is 4.90 Å². The maximum absolute atomic E-state index is 12.1. The Balaban J connectivity index is 1.81. The Labute approximate surface area is 86.1 Å². The predicted molar refractivity (Wildman–Crippen MR) is 46.4 cm³/mol. The number of rotatable bonds is 1. The van der Waals surface area contributed by atoms with Gasteiger partial charge in [0.05, 0.1) is 19.8 Å². The van der Waals surface area contributed by atoms with Gasteiger partial charge in [-0.15, -0.1) is 0 Å². The minimum atomic E-state index is -4.11. The molecule has 0 atom stereocenters. The van der Waals surface area contributed by atoms with Crippen molar-refractivity contribution in [1.82, 2.24) is 4.90 Å². The zero-order valence-corrected chi connectivity index (χ0v) is 8.35. The van der Waals surface area contributed by atoms with Gasteiger partial charge in [-0.2, -0.15) is 13.2 Å². The molecule has 0 bridgehead atoms. The zero-order valence-electron chi connectivity index (χ0n) is 8.35. The van der Waals surface area contributed by atoms with Crippen LogP contribution in [0.15, 0.2) is 0 Å². The fourth-order valence-corrected chi connectivity index (χ4v) is 2.09. The molecule has 88 valence electrons. The molecule has 2 aliphatic heterocycles. The van der Waals surface area contributed by atoms with Crippen LogP contribution in [0.5, 0.6) is 0 Å². The van der Waals surface area contributed by atoms with E-state index in [9.17, 15) is 13.2 Å². The lowest BCUT2D eigenvalue weighted by atomic mass is 10.0. The van der Waals surface area contributed by atoms with Crippen molar-refractivity contribution in [2.24, 2.45) is 0 Å². The largest absolute Gasteiger partial charge is 0.401 e. The number of ether oxygens (including phenoxy) is 2. The van der Waals surface area contributed by atoms with Crippen LogP contribution in [0.1, 0.15) is 12.8 Å². The zero-order chi connectivity index (χ0) is 10.9. The molecular formula is C9H14F3NO2. The first kappa shape index (κ1) is 11.2. The minimum absolute atomic E-state index is 0.388. The highest BCUT2D eigenvalue weighted by Crippen LogP contribution is 2.32. The summed E-state index contributed by atoms with van der Waals surface area (Å²) >= 11 is 0. The van der Waals surface area contributed by atoms with E-state index >= 15 is 0 Å². The van der Waals surface area contributed by atoms with Crippen LogP contribution < -0.4 is 0 Å². The maximum atomic E-state index is 12.1. The van der Waals surface area contributed by atoms with E-state index in [0.29, 0.717) is 39.1 Å². The van der Waals surface area contributed by atoms with E-state index in [-0.39, 0.29) is 0 Å². The molecular weight excluding hydrogens is 211 g/mol. The second-order valence-corrected chi connectivity index (χ2v) is 4.00. The topological polar surface area (TPSA) is 21.7 Å². The fourth-order valence-electron chi connectivity index (χ4n) is 2.09. The predicted octanol–water partition coefficient (Wildman–Crippen LogP) is 1.39. The smallest absolute Gasteiger partial charge is 0.347 e. The summed E-state index contributed by atoms with van der Waals surface area (Å²) in [5.74, 6) is -0.581. The van der Waals surface area contributed by atoms with E-state index in [1.807, 2.05) is 0 Å². The first-order chi connectivity index (χ1) is 6.99. The molecule has 2 saturated heterocycles. The molecule has 0 aromatic carbocycles. The molecule has 2 heterocycles.